The van der Waals surface area contributed by atoms with Crippen LogP contribution in [0.15, 0.2) is 16.5 Å². The zero-order valence-corrected chi connectivity index (χ0v) is 21.0. The zero-order chi connectivity index (χ0) is 29.3. The molecule has 2 aromatic rings. The van der Waals surface area contributed by atoms with Crippen molar-refractivity contribution in [2.24, 2.45) is 7.05 Å². The Labute approximate surface area is 213 Å². The van der Waals surface area contributed by atoms with Crippen LogP contribution in [0.4, 0.5) is 26.3 Å². The molecule has 0 amide bonds. The molecule has 0 bridgehead atoms. The Morgan fingerprint density at radius 1 is 1.13 bits per heavy atom. The van der Waals surface area contributed by atoms with Crippen molar-refractivity contribution in [1.29, 1.82) is 0 Å². The van der Waals surface area contributed by atoms with Crippen LogP contribution < -0.4 is 0 Å². The standard InChI is InChI=1S/C17H27N5O2.2C2HF3O2/c1-13-5-6-15(24-13)10-22-9-14(12-23-8-7-20(2)3)17-16(11-22)18-19-21(17)4;2*3-2(4,5)1(6)7/h5-6,14H,7-12H2,1-4H3;2*(H,6,7). The maximum Gasteiger partial charge on any atom is 0.490 e. The molecule has 17 heteroatoms. The average Bonchev–Trinajstić information content (AvgIpc) is 3.35. The predicted molar refractivity (Wildman–Crippen MR) is 118 cm³/mol. The summed E-state index contributed by atoms with van der Waals surface area (Å²) in [6, 6.07) is 4.05. The van der Waals surface area contributed by atoms with Gasteiger partial charge in [0, 0.05) is 32.6 Å². The summed E-state index contributed by atoms with van der Waals surface area (Å²) in [5, 5.41) is 22.8. The van der Waals surface area contributed by atoms with Crippen molar-refractivity contribution in [3.8, 4) is 0 Å². The molecule has 0 spiro atoms. The van der Waals surface area contributed by atoms with Gasteiger partial charge in [0.1, 0.15) is 17.2 Å². The summed E-state index contributed by atoms with van der Waals surface area (Å²) in [6.45, 7) is 6.85. The topological polar surface area (TPSA) is 134 Å². The number of aryl methyl sites for hydroxylation is 2. The lowest BCUT2D eigenvalue weighted by Gasteiger charge is -2.31. The number of aliphatic carboxylic acids is 2. The van der Waals surface area contributed by atoms with Crippen LogP contribution in [0.2, 0.25) is 0 Å². The number of carboxylic acid groups (broad SMARTS) is 2. The zero-order valence-electron chi connectivity index (χ0n) is 21.0. The summed E-state index contributed by atoms with van der Waals surface area (Å²) in [6.07, 6.45) is -10.2. The Kier molecular flexibility index (Phi) is 12.2. The first kappa shape index (κ1) is 32.8. The molecule has 0 fully saturated rings. The van der Waals surface area contributed by atoms with Crippen LogP contribution in [0.25, 0.3) is 0 Å². The largest absolute Gasteiger partial charge is 0.490 e. The molecule has 11 nitrogen and oxygen atoms in total. The van der Waals surface area contributed by atoms with E-state index in [1.807, 2.05) is 30.8 Å². The second-order valence-corrected chi connectivity index (χ2v) is 8.41. The van der Waals surface area contributed by atoms with E-state index in [-0.39, 0.29) is 5.92 Å². The van der Waals surface area contributed by atoms with Gasteiger partial charge in [-0.1, -0.05) is 5.21 Å². The molecule has 1 aliphatic heterocycles. The van der Waals surface area contributed by atoms with Gasteiger partial charge in [-0.25, -0.2) is 9.59 Å². The van der Waals surface area contributed by atoms with Gasteiger partial charge in [0.25, 0.3) is 0 Å². The fourth-order valence-electron chi connectivity index (χ4n) is 3.21. The molecule has 1 atom stereocenters. The molecule has 1 unspecified atom stereocenters. The molecular formula is C21H29F6N5O6. The van der Waals surface area contributed by atoms with E-state index in [0.29, 0.717) is 6.61 Å². The first-order valence-corrected chi connectivity index (χ1v) is 10.9. The highest BCUT2D eigenvalue weighted by atomic mass is 19.4. The number of furan rings is 1. The van der Waals surface area contributed by atoms with Crippen molar-refractivity contribution in [3.05, 3.63) is 35.0 Å². The van der Waals surface area contributed by atoms with Crippen LogP contribution in [0.3, 0.4) is 0 Å². The number of aromatic nitrogens is 3. The smallest absolute Gasteiger partial charge is 0.475 e. The lowest BCUT2D eigenvalue weighted by molar-refractivity contribution is -0.193. The van der Waals surface area contributed by atoms with Gasteiger partial charge in [-0.2, -0.15) is 26.3 Å². The molecular weight excluding hydrogens is 532 g/mol. The molecule has 0 saturated carbocycles. The molecule has 2 aromatic heterocycles. The number of ether oxygens (including phenoxy) is 1. The number of halogens is 6. The van der Waals surface area contributed by atoms with E-state index in [9.17, 15) is 26.3 Å². The van der Waals surface area contributed by atoms with Gasteiger partial charge in [0.2, 0.25) is 0 Å². The van der Waals surface area contributed by atoms with Gasteiger partial charge in [0.15, 0.2) is 0 Å². The number of likely N-dealkylation sites (N-methyl/N-ethyl adjacent to an activating group) is 1. The SMILES string of the molecule is Cc1ccc(CN2Cc3nnn(C)c3C(COCCN(C)C)C2)o1.O=C(O)C(F)(F)F.O=C(O)C(F)(F)F. The minimum atomic E-state index is -5.08. The van der Waals surface area contributed by atoms with Crippen LogP contribution in [-0.4, -0.2) is 99.7 Å². The highest BCUT2D eigenvalue weighted by Crippen LogP contribution is 2.28. The molecule has 0 aliphatic carbocycles. The summed E-state index contributed by atoms with van der Waals surface area (Å²) in [5.41, 5.74) is 2.25. The molecule has 0 aromatic carbocycles. The maximum atomic E-state index is 10.6. The molecule has 0 saturated heterocycles. The lowest BCUT2D eigenvalue weighted by atomic mass is 9.99. The third kappa shape index (κ3) is 11.5. The number of carbonyl (C=O) groups is 2. The van der Waals surface area contributed by atoms with Crippen LogP contribution in [0.1, 0.15) is 28.8 Å². The van der Waals surface area contributed by atoms with Crippen LogP contribution >= 0.6 is 0 Å². The van der Waals surface area contributed by atoms with E-state index in [0.717, 1.165) is 50.0 Å². The van der Waals surface area contributed by atoms with Gasteiger partial charge >= 0.3 is 24.3 Å². The Morgan fingerprint density at radius 2 is 1.68 bits per heavy atom. The number of hydrogen-bond donors (Lipinski definition) is 2. The van der Waals surface area contributed by atoms with Crippen LogP contribution in [0, 0.1) is 6.92 Å². The number of rotatable bonds is 7. The van der Waals surface area contributed by atoms with Gasteiger partial charge in [-0.15, -0.1) is 5.10 Å². The first-order valence-electron chi connectivity index (χ1n) is 10.9. The maximum absolute atomic E-state index is 10.6. The number of alkyl halides is 6. The Hall–Kier alpha value is -3.18. The van der Waals surface area contributed by atoms with E-state index in [4.69, 9.17) is 29.0 Å². The lowest BCUT2D eigenvalue weighted by Crippen LogP contribution is -2.36. The van der Waals surface area contributed by atoms with Crippen molar-refractivity contribution in [2.75, 3.05) is 40.4 Å². The normalized spacial score (nSPS) is 15.7. The highest BCUT2D eigenvalue weighted by molar-refractivity contribution is 5.73. The Balaban J connectivity index is 0.000000426. The third-order valence-electron chi connectivity index (χ3n) is 4.84. The van der Waals surface area contributed by atoms with E-state index >= 15 is 0 Å². The first-order chi connectivity index (χ1) is 17.4. The van der Waals surface area contributed by atoms with Gasteiger partial charge in [-0.05, 0) is 33.2 Å². The fraction of sp³-hybridized carbons (Fsp3) is 0.619. The minimum Gasteiger partial charge on any atom is -0.475 e. The Morgan fingerprint density at radius 3 is 2.13 bits per heavy atom. The van der Waals surface area contributed by atoms with Crippen LogP contribution in [-0.2, 0) is 34.5 Å². The van der Waals surface area contributed by atoms with E-state index in [2.05, 4.69) is 34.2 Å². The summed E-state index contributed by atoms with van der Waals surface area (Å²) < 4.78 is 77.0. The summed E-state index contributed by atoms with van der Waals surface area (Å²) in [4.78, 5) is 22.3. The van der Waals surface area contributed by atoms with E-state index < -0.39 is 24.3 Å². The number of hydrogen-bond acceptors (Lipinski definition) is 8. The Bertz CT molecular complexity index is 1010. The predicted octanol–water partition coefficient (Wildman–Crippen LogP) is 2.66. The molecule has 3 heterocycles. The molecule has 1 aliphatic rings. The highest BCUT2D eigenvalue weighted by Gasteiger charge is 2.39. The summed E-state index contributed by atoms with van der Waals surface area (Å²) >= 11 is 0. The van der Waals surface area contributed by atoms with Gasteiger partial charge < -0.3 is 24.3 Å². The fourth-order valence-corrected chi connectivity index (χ4v) is 3.21. The third-order valence-corrected chi connectivity index (χ3v) is 4.84. The van der Waals surface area contributed by atoms with Gasteiger partial charge in [0.05, 0.1) is 25.5 Å². The van der Waals surface area contributed by atoms with Crippen molar-refractivity contribution < 1.29 is 55.3 Å². The molecule has 216 valence electrons. The average molecular weight is 561 g/mol. The molecule has 38 heavy (non-hydrogen) atoms. The van der Waals surface area contributed by atoms with E-state index in [1.54, 1.807) is 0 Å². The molecule has 3 rings (SSSR count). The van der Waals surface area contributed by atoms with Crippen molar-refractivity contribution in [3.63, 3.8) is 0 Å². The second-order valence-electron chi connectivity index (χ2n) is 8.41. The van der Waals surface area contributed by atoms with Gasteiger partial charge in [-0.3, -0.25) is 9.58 Å². The van der Waals surface area contributed by atoms with E-state index in [1.165, 1.54) is 5.69 Å². The monoisotopic (exact) mass is 561 g/mol. The number of fused-ring (bicyclic) bond motifs is 1. The second kappa shape index (κ2) is 14.1. The minimum absolute atomic E-state index is 0.284. The van der Waals surface area contributed by atoms with Crippen molar-refractivity contribution in [2.45, 2.75) is 38.3 Å². The van der Waals surface area contributed by atoms with Crippen molar-refractivity contribution in [1.82, 2.24) is 24.8 Å². The number of nitrogens with zero attached hydrogens (tertiary/aromatic N) is 5. The molecule has 2 N–H and O–H groups in total. The van der Waals surface area contributed by atoms with Crippen LogP contribution in [0.5, 0.6) is 0 Å². The summed E-state index contributed by atoms with van der Waals surface area (Å²) in [5.74, 6) is -3.29. The van der Waals surface area contributed by atoms with Crippen molar-refractivity contribution >= 4 is 11.9 Å². The number of carboxylic acids is 2. The molecule has 0 radical (unpaired) electrons. The summed E-state index contributed by atoms with van der Waals surface area (Å²) in [7, 11) is 6.07. The quantitative estimate of drug-likeness (QED) is 0.384.